The lowest BCUT2D eigenvalue weighted by molar-refractivity contribution is -0.127. The van der Waals surface area contributed by atoms with Gasteiger partial charge in [0.05, 0.1) is 5.92 Å². The first-order valence-electron chi connectivity index (χ1n) is 9.67. The normalized spacial score (nSPS) is 21.3. The molecule has 2 aliphatic heterocycles. The molecule has 1 amide bonds. The summed E-state index contributed by atoms with van der Waals surface area (Å²) in [6.07, 6.45) is 4.16. The molecule has 1 fully saturated rings. The molecule has 0 radical (unpaired) electrons. The number of nitrogens with zero attached hydrogens (tertiary/aromatic N) is 1. The number of hydrogen-bond donors (Lipinski definition) is 1. The van der Waals surface area contributed by atoms with E-state index < -0.39 is 0 Å². The number of nitrogens with one attached hydrogen (secondary N) is 1. The van der Waals surface area contributed by atoms with E-state index in [1.807, 2.05) is 6.07 Å². The Morgan fingerprint density at radius 2 is 2.08 bits per heavy atom. The monoisotopic (exact) mass is 424 g/mol. The summed E-state index contributed by atoms with van der Waals surface area (Å²) < 4.78 is 12.4. The van der Waals surface area contributed by atoms with Crippen molar-refractivity contribution in [1.82, 2.24) is 10.2 Å². The molecule has 5 nitrogen and oxygen atoms in total. The molecule has 3 rings (SSSR count). The predicted molar refractivity (Wildman–Crippen MR) is 106 cm³/mol. The van der Waals surface area contributed by atoms with Gasteiger partial charge in [-0.25, -0.2) is 0 Å². The summed E-state index contributed by atoms with van der Waals surface area (Å²) in [5.74, 6) is 1.90. The van der Waals surface area contributed by atoms with E-state index >= 15 is 0 Å². The number of ether oxygens (including phenoxy) is 2. The lowest BCUT2D eigenvalue weighted by Gasteiger charge is -2.33. The maximum atomic E-state index is 12.6. The molecule has 1 saturated heterocycles. The van der Waals surface area contributed by atoms with Crippen molar-refractivity contribution in [1.29, 1.82) is 0 Å². The van der Waals surface area contributed by atoms with Gasteiger partial charge in [0, 0.05) is 23.6 Å². The quantitative estimate of drug-likeness (QED) is 0.755. The zero-order chi connectivity index (χ0) is 18.5. The van der Waals surface area contributed by atoms with Gasteiger partial charge in [0.25, 0.3) is 0 Å². The minimum Gasteiger partial charge on any atom is -0.486 e. The van der Waals surface area contributed by atoms with Crippen molar-refractivity contribution >= 4 is 21.8 Å². The van der Waals surface area contributed by atoms with Gasteiger partial charge in [0.15, 0.2) is 11.5 Å². The zero-order valence-electron chi connectivity index (χ0n) is 15.7. The molecule has 0 spiro atoms. The molecule has 144 valence electrons. The van der Waals surface area contributed by atoms with Crippen LogP contribution in [0.2, 0.25) is 0 Å². The van der Waals surface area contributed by atoms with Crippen LogP contribution in [0.5, 0.6) is 11.5 Å². The van der Waals surface area contributed by atoms with E-state index in [1.54, 1.807) is 0 Å². The Labute approximate surface area is 164 Å². The van der Waals surface area contributed by atoms with Crippen LogP contribution in [0.15, 0.2) is 16.6 Å². The van der Waals surface area contributed by atoms with E-state index in [2.05, 4.69) is 46.1 Å². The molecule has 0 bridgehead atoms. The number of piperidine rings is 1. The number of hydrogen-bond acceptors (Lipinski definition) is 4. The summed E-state index contributed by atoms with van der Waals surface area (Å²) in [7, 11) is 0. The zero-order valence-corrected chi connectivity index (χ0v) is 17.3. The second kappa shape index (κ2) is 9.09. The van der Waals surface area contributed by atoms with E-state index in [0.29, 0.717) is 13.2 Å². The van der Waals surface area contributed by atoms with Crippen LogP contribution >= 0.6 is 15.9 Å². The second-order valence-corrected chi connectivity index (χ2v) is 8.21. The number of fused-ring (bicyclic) bond motifs is 1. The summed E-state index contributed by atoms with van der Waals surface area (Å²) >= 11 is 3.65. The summed E-state index contributed by atoms with van der Waals surface area (Å²) in [6.45, 7) is 8.07. The smallest absolute Gasteiger partial charge is 0.224 e. The fourth-order valence-electron chi connectivity index (χ4n) is 3.75. The van der Waals surface area contributed by atoms with Crippen LogP contribution < -0.4 is 14.8 Å². The summed E-state index contributed by atoms with van der Waals surface area (Å²) in [5, 5.41) is 3.18. The highest BCUT2D eigenvalue weighted by Gasteiger charge is 2.27. The summed E-state index contributed by atoms with van der Waals surface area (Å²) in [6, 6.07) is 4.31. The van der Waals surface area contributed by atoms with Gasteiger partial charge in [-0.3, -0.25) is 9.69 Å². The molecule has 0 unspecified atom stereocenters. The fourth-order valence-corrected chi connectivity index (χ4v) is 4.19. The van der Waals surface area contributed by atoms with E-state index in [4.69, 9.17) is 9.47 Å². The van der Waals surface area contributed by atoms with Crippen molar-refractivity contribution in [3.05, 3.63) is 22.2 Å². The van der Waals surface area contributed by atoms with Gasteiger partial charge in [0.2, 0.25) is 5.91 Å². The Morgan fingerprint density at radius 1 is 1.35 bits per heavy atom. The SMILES string of the molecule is CCC[C@@H](C)NC(=O)[C@@H]1CCCN(Cc2cc3c(cc2Br)OCCO3)C1. The standard InChI is InChI=1S/C20H29BrN2O3/c1-3-5-14(2)22-20(24)15-6-4-7-23(12-15)13-16-10-18-19(11-17(16)21)26-9-8-25-18/h10-11,14-15H,3-9,12-13H2,1-2H3,(H,22,24)/t14-,15-/m1/s1. The van der Waals surface area contributed by atoms with Gasteiger partial charge in [-0.05, 0) is 50.4 Å². The topological polar surface area (TPSA) is 50.8 Å². The first-order chi connectivity index (χ1) is 12.6. The Morgan fingerprint density at radius 3 is 2.81 bits per heavy atom. The molecule has 6 heteroatoms. The largest absolute Gasteiger partial charge is 0.486 e. The third-order valence-electron chi connectivity index (χ3n) is 5.09. The number of amides is 1. The van der Waals surface area contributed by atoms with Crippen LogP contribution in [-0.2, 0) is 11.3 Å². The predicted octanol–water partition coefficient (Wildman–Crippen LogP) is 3.74. The number of likely N-dealkylation sites (tertiary alicyclic amines) is 1. The molecular weight excluding hydrogens is 396 g/mol. The molecule has 1 N–H and O–H groups in total. The minimum atomic E-state index is 0.0824. The third-order valence-corrected chi connectivity index (χ3v) is 5.83. The Hall–Kier alpha value is -1.27. The molecule has 2 aliphatic rings. The Bertz CT molecular complexity index is 638. The molecular formula is C20H29BrN2O3. The lowest BCUT2D eigenvalue weighted by atomic mass is 9.96. The van der Waals surface area contributed by atoms with Gasteiger partial charge in [-0.15, -0.1) is 0 Å². The molecule has 26 heavy (non-hydrogen) atoms. The van der Waals surface area contributed by atoms with Gasteiger partial charge >= 0.3 is 0 Å². The van der Waals surface area contributed by atoms with Crippen LogP contribution in [-0.4, -0.2) is 43.2 Å². The minimum absolute atomic E-state index is 0.0824. The lowest BCUT2D eigenvalue weighted by Crippen LogP contribution is -2.45. The molecule has 2 atom stereocenters. The van der Waals surface area contributed by atoms with Crippen LogP contribution in [0.4, 0.5) is 0 Å². The maximum absolute atomic E-state index is 12.6. The van der Waals surface area contributed by atoms with Crippen LogP contribution in [0, 0.1) is 5.92 Å². The van der Waals surface area contributed by atoms with E-state index in [9.17, 15) is 4.79 Å². The highest BCUT2D eigenvalue weighted by atomic mass is 79.9. The highest BCUT2D eigenvalue weighted by molar-refractivity contribution is 9.10. The molecule has 0 saturated carbocycles. The van der Waals surface area contributed by atoms with E-state index in [0.717, 1.165) is 61.3 Å². The van der Waals surface area contributed by atoms with Crippen molar-refractivity contribution in [3.8, 4) is 11.5 Å². The van der Waals surface area contributed by atoms with E-state index in [-0.39, 0.29) is 17.9 Å². The van der Waals surface area contributed by atoms with Crippen molar-refractivity contribution in [2.75, 3.05) is 26.3 Å². The average molecular weight is 425 g/mol. The van der Waals surface area contributed by atoms with Crippen LogP contribution in [0.3, 0.4) is 0 Å². The van der Waals surface area contributed by atoms with Crippen molar-refractivity contribution < 1.29 is 14.3 Å². The Balaban J connectivity index is 1.61. The first kappa shape index (κ1) is 19.5. The molecule has 1 aromatic carbocycles. The fraction of sp³-hybridized carbons (Fsp3) is 0.650. The Kier molecular flexibility index (Phi) is 6.81. The molecule has 0 aromatic heterocycles. The number of carbonyl (C=O) groups excluding carboxylic acids is 1. The average Bonchev–Trinajstić information content (AvgIpc) is 2.63. The number of rotatable bonds is 6. The van der Waals surface area contributed by atoms with Crippen molar-refractivity contribution in [2.24, 2.45) is 5.92 Å². The van der Waals surface area contributed by atoms with Crippen molar-refractivity contribution in [3.63, 3.8) is 0 Å². The summed E-state index contributed by atoms with van der Waals surface area (Å²) in [4.78, 5) is 14.9. The van der Waals surface area contributed by atoms with Gasteiger partial charge in [0.1, 0.15) is 13.2 Å². The van der Waals surface area contributed by atoms with Gasteiger partial charge < -0.3 is 14.8 Å². The second-order valence-electron chi connectivity index (χ2n) is 7.36. The maximum Gasteiger partial charge on any atom is 0.224 e. The molecule has 2 heterocycles. The van der Waals surface area contributed by atoms with Gasteiger partial charge in [-0.1, -0.05) is 29.3 Å². The van der Waals surface area contributed by atoms with Crippen LogP contribution in [0.25, 0.3) is 0 Å². The first-order valence-corrected chi connectivity index (χ1v) is 10.5. The molecule has 0 aliphatic carbocycles. The van der Waals surface area contributed by atoms with E-state index in [1.165, 1.54) is 5.56 Å². The van der Waals surface area contributed by atoms with Crippen molar-refractivity contribution in [2.45, 2.75) is 52.1 Å². The highest BCUT2D eigenvalue weighted by Crippen LogP contribution is 2.36. The number of benzene rings is 1. The van der Waals surface area contributed by atoms with Gasteiger partial charge in [-0.2, -0.15) is 0 Å². The third kappa shape index (κ3) is 4.92. The number of carbonyl (C=O) groups is 1. The summed E-state index contributed by atoms with van der Waals surface area (Å²) in [5.41, 5.74) is 1.18. The number of halogens is 1. The molecule has 1 aromatic rings. The van der Waals surface area contributed by atoms with Crippen LogP contribution in [0.1, 0.15) is 45.1 Å².